The molecular weight excluding hydrogens is 314 g/mol. The molecule has 2 N–H and O–H groups in total. The average molecular weight is 326 g/mol. The number of hydrogen-bond acceptors (Lipinski definition) is 5. The number of carbonyl (C=O) groups excluding carboxylic acids is 2. The number of aromatic amines is 1. The third-order valence-electron chi connectivity index (χ3n) is 3.04. The maximum atomic E-state index is 12.2. The van der Waals surface area contributed by atoms with Crippen LogP contribution in [0.5, 0.6) is 0 Å². The molecule has 2 aromatic rings. The molecular formula is C12H12ClN5O2S. The van der Waals surface area contributed by atoms with Crippen molar-refractivity contribution in [2.45, 2.75) is 17.3 Å². The van der Waals surface area contributed by atoms with Gasteiger partial charge in [-0.1, -0.05) is 23.4 Å². The number of urea groups is 1. The Morgan fingerprint density at radius 2 is 2.38 bits per heavy atom. The molecule has 3 amide bonds. The Morgan fingerprint density at radius 1 is 1.57 bits per heavy atom. The van der Waals surface area contributed by atoms with E-state index in [1.54, 1.807) is 13.0 Å². The van der Waals surface area contributed by atoms with Crippen LogP contribution in [-0.2, 0) is 4.79 Å². The highest BCUT2D eigenvalue weighted by molar-refractivity contribution is 8.00. The zero-order valence-corrected chi connectivity index (χ0v) is 12.7. The Morgan fingerprint density at radius 3 is 3.10 bits per heavy atom. The molecule has 0 aliphatic carbocycles. The summed E-state index contributed by atoms with van der Waals surface area (Å²) in [6.07, 6.45) is 1.52. The fourth-order valence-corrected chi connectivity index (χ4v) is 3.06. The molecule has 110 valence electrons. The van der Waals surface area contributed by atoms with E-state index < -0.39 is 5.25 Å². The molecule has 9 heteroatoms. The van der Waals surface area contributed by atoms with E-state index >= 15 is 0 Å². The molecule has 0 bridgehead atoms. The van der Waals surface area contributed by atoms with Gasteiger partial charge in [-0.3, -0.25) is 9.69 Å². The minimum Gasteiger partial charge on any atom is -0.336 e. The molecule has 1 saturated heterocycles. The summed E-state index contributed by atoms with van der Waals surface area (Å²) >= 11 is 7.12. The van der Waals surface area contributed by atoms with Crippen LogP contribution in [0.2, 0.25) is 5.02 Å². The molecule has 3 rings (SSSR count). The normalized spacial score (nSPS) is 16.3. The predicted octanol–water partition coefficient (Wildman–Crippen LogP) is 1.64. The molecule has 0 aromatic carbocycles. The van der Waals surface area contributed by atoms with E-state index in [9.17, 15) is 9.59 Å². The smallest absolute Gasteiger partial charge is 0.324 e. The van der Waals surface area contributed by atoms with Gasteiger partial charge in [0, 0.05) is 19.3 Å². The molecule has 1 aliphatic rings. The van der Waals surface area contributed by atoms with E-state index in [-0.39, 0.29) is 11.9 Å². The maximum Gasteiger partial charge on any atom is 0.324 e. The number of rotatable bonds is 3. The number of nitrogens with zero attached hydrogens (tertiary/aromatic N) is 3. The highest BCUT2D eigenvalue weighted by atomic mass is 35.5. The summed E-state index contributed by atoms with van der Waals surface area (Å²) in [5, 5.41) is 3.26. The van der Waals surface area contributed by atoms with Gasteiger partial charge in [0.1, 0.15) is 0 Å². The first kappa shape index (κ1) is 14.2. The van der Waals surface area contributed by atoms with Crippen molar-refractivity contribution >= 4 is 46.5 Å². The minimum atomic E-state index is -0.426. The van der Waals surface area contributed by atoms with Crippen molar-refractivity contribution in [2.75, 3.05) is 13.1 Å². The van der Waals surface area contributed by atoms with Crippen LogP contribution < -0.4 is 5.32 Å². The number of imidazole rings is 1. The molecule has 1 atom stereocenters. The second-order valence-electron chi connectivity index (χ2n) is 4.55. The molecule has 2 aromatic heterocycles. The number of fused-ring (bicyclic) bond motifs is 1. The topological polar surface area (TPSA) is 91.0 Å². The Bertz CT molecular complexity index is 719. The van der Waals surface area contributed by atoms with E-state index in [4.69, 9.17) is 11.6 Å². The summed E-state index contributed by atoms with van der Waals surface area (Å²) in [5.41, 5.74) is 1.25. The number of hydrogen-bond donors (Lipinski definition) is 2. The fourth-order valence-electron chi connectivity index (χ4n) is 2.03. The summed E-state index contributed by atoms with van der Waals surface area (Å²) in [5.74, 6) is -0.235. The lowest BCUT2D eigenvalue weighted by Crippen LogP contribution is -2.38. The highest BCUT2D eigenvalue weighted by Gasteiger charge is 2.30. The molecule has 7 nitrogen and oxygen atoms in total. The van der Waals surface area contributed by atoms with Crippen molar-refractivity contribution < 1.29 is 9.59 Å². The lowest BCUT2D eigenvalue weighted by atomic mass is 10.4. The first-order valence-electron chi connectivity index (χ1n) is 6.32. The van der Waals surface area contributed by atoms with Crippen molar-refractivity contribution in [3.63, 3.8) is 0 Å². The van der Waals surface area contributed by atoms with Crippen LogP contribution in [0.3, 0.4) is 0 Å². The van der Waals surface area contributed by atoms with Gasteiger partial charge in [0.15, 0.2) is 10.8 Å². The van der Waals surface area contributed by atoms with Gasteiger partial charge < -0.3 is 10.3 Å². The molecule has 21 heavy (non-hydrogen) atoms. The summed E-state index contributed by atoms with van der Waals surface area (Å²) in [6.45, 7) is 2.64. The van der Waals surface area contributed by atoms with Gasteiger partial charge in [0.05, 0.1) is 15.8 Å². The number of H-pyrrole nitrogens is 1. The lowest BCUT2D eigenvalue weighted by Gasteiger charge is -2.16. The Balaban J connectivity index is 1.75. The van der Waals surface area contributed by atoms with E-state index in [1.807, 2.05) is 0 Å². The Hall–Kier alpha value is -1.80. The Kier molecular flexibility index (Phi) is 3.73. The van der Waals surface area contributed by atoms with E-state index in [1.165, 1.54) is 22.9 Å². The quantitative estimate of drug-likeness (QED) is 0.837. The van der Waals surface area contributed by atoms with Gasteiger partial charge in [-0.15, -0.1) is 0 Å². The first-order chi connectivity index (χ1) is 10.0. The second kappa shape index (κ2) is 5.53. The van der Waals surface area contributed by atoms with Crippen molar-refractivity contribution in [2.24, 2.45) is 0 Å². The van der Waals surface area contributed by atoms with Crippen LogP contribution in [0.1, 0.15) is 6.92 Å². The summed E-state index contributed by atoms with van der Waals surface area (Å²) in [6, 6.07) is 1.38. The monoisotopic (exact) mass is 325 g/mol. The third-order valence-corrected chi connectivity index (χ3v) is 4.22. The Labute approximate surface area is 129 Å². The van der Waals surface area contributed by atoms with Crippen molar-refractivity contribution in [1.82, 2.24) is 25.2 Å². The zero-order valence-electron chi connectivity index (χ0n) is 11.1. The lowest BCUT2D eigenvalue weighted by molar-refractivity contribution is -0.126. The van der Waals surface area contributed by atoms with Crippen molar-refractivity contribution in [3.05, 3.63) is 17.3 Å². The minimum absolute atomic E-state index is 0.235. The van der Waals surface area contributed by atoms with Gasteiger partial charge in [-0.2, -0.15) is 0 Å². The first-order valence-corrected chi connectivity index (χ1v) is 7.57. The van der Waals surface area contributed by atoms with Crippen LogP contribution in [0.15, 0.2) is 17.4 Å². The molecule has 3 heterocycles. The number of carbonyl (C=O) groups is 2. The van der Waals surface area contributed by atoms with Crippen LogP contribution in [-0.4, -0.2) is 50.1 Å². The van der Waals surface area contributed by atoms with Crippen molar-refractivity contribution in [1.29, 1.82) is 0 Å². The van der Waals surface area contributed by atoms with Crippen LogP contribution in [0.4, 0.5) is 4.79 Å². The summed E-state index contributed by atoms with van der Waals surface area (Å²) in [7, 11) is 0. The average Bonchev–Trinajstić information content (AvgIpc) is 3.03. The number of aromatic nitrogens is 3. The fraction of sp³-hybridized carbons (Fsp3) is 0.333. The molecule has 1 aliphatic heterocycles. The van der Waals surface area contributed by atoms with Gasteiger partial charge in [-0.05, 0) is 13.0 Å². The van der Waals surface area contributed by atoms with Gasteiger partial charge >= 0.3 is 6.03 Å². The highest BCUT2D eigenvalue weighted by Crippen LogP contribution is 2.25. The molecule has 0 spiro atoms. The van der Waals surface area contributed by atoms with E-state index in [0.29, 0.717) is 34.4 Å². The number of imide groups is 1. The van der Waals surface area contributed by atoms with Gasteiger partial charge in [-0.25, -0.2) is 14.8 Å². The summed E-state index contributed by atoms with van der Waals surface area (Å²) < 4.78 is 0. The second-order valence-corrected chi connectivity index (χ2v) is 6.31. The van der Waals surface area contributed by atoms with Crippen LogP contribution >= 0.6 is 23.4 Å². The number of pyridine rings is 1. The molecule has 0 radical (unpaired) electrons. The zero-order chi connectivity index (χ0) is 15.0. The molecule has 0 unspecified atom stereocenters. The standard InChI is InChI=1S/C12H12ClN5O2S/c1-6(10(19)18-3-2-14-12(18)20)21-11-16-8-4-7(13)5-15-9(8)17-11/h4-6H,2-3H2,1H3,(H,14,20)(H,15,16,17)/t6-/m1/s1. The largest absolute Gasteiger partial charge is 0.336 e. The van der Waals surface area contributed by atoms with E-state index in [2.05, 4.69) is 20.3 Å². The molecule has 0 saturated carbocycles. The number of amides is 3. The SMILES string of the molecule is C[C@@H](Sc1nc2ncc(Cl)cc2[nH]1)C(=O)N1CCNC1=O. The van der Waals surface area contributed by atoms with Crippen LogP contribution in [0, 0.1) is 0 Å². The predicted molar refractivity (Wildman–Crippen MR) is 79.3 cm³/mol. The van der Waals surface area contributed by atoms with Crippen molar-refractivity contribution in [3.8, 4) is 0 Å². The number of thioether (sulfide) groups is 1. The van der Waals surface area contributed by atoms with Gasteiger partial charge in [0.25, 0.3) is 0 Å². The third kappa shape index (κ3) is 2.81. The summed E-state index contributed by atoms with van der Waals surface area (Å²) in [4.78, 5) is 36.3. The maximum absolute atomic E-state index is 12.2. The van der Waals surface area contributed by atoms with Gasteiger partial charge in [0.2, 0.25) is 5.91 Å². The number of halogens is 1. The molecule has 1 fully saturated rings. The number of nitrogens with one attached hydrogen (secondary N) is 2. The van der Waals surface area contributed by atoms with E-state index in [0.717, 1.165) is 0 Å². The van der Waals surface area contributed by atoms with Crippen LogP contribution in [0.25, 0.3) is 11.2 Å².